The summed E-state index contributed by atoms with van der Waals surface area (Å²) in [7, 11) is -0.313. The number of rotatable bonds is 8. The molecule has 0 unspecified atom stereocenters. The number of methoxy groups -OCH3 is 2. The van der Waals surface area contributed by atoms with E-state index in [4.69, 9.17) is 9.47 Å². The third-order valence-electron chi connectivity index (χ3n) is 3.70. The molecule has 2 aromatic rings. The van der Waals surface area contributed by atoms with Gasteiger partial charge in [0.1, 0.15) is 11.5 Å². The van der Waals surface area contributed by atoms with E-state index in [1.54, 1.807) is 21.1 Å². The summed E-state index contributed by atoms with van der Waals surface area (Å²) in [5.41, 5.74) is 1.78. The maximum absolute atomic E-state index is 12.6. The van der Waals surface area contributed by atoms with Gasteiger partial charge >= 0.3 is 0 Å². The number of hydrogen-bond acceptors (Lipinski definition) is 4. The molecule has 5 nitrogen and oxygen atoms in total. The third-order valence-corrected chi connectivity index (χ3v) is 5.30. The van der Waals surface area contributed by atoms with Gasteiger partial charge in [-0.3, -0.25) is 0 Å². The highest BCUT2D eigenvalue weighted by Gasteiger charge is 2.20. The molecule has 0 aliphatic carbocycles. The molecule has 0 N–H and O–H groups in total. The van der Waals surface area contributed by atoms with Gasteiger partial charge in [0.2, 0.25) is 10.0 Å². The van der Waals surface area contributed by atoms with E-state index in [0.717, 1.165) is 22.6 Å². The van der Waals surface area contributed by atoms with Crippen LogP contribution in [0.25, 0.3) is 0 Å². The molecule has 0 aliphatic heterocycles. The van der Waals surface area contributed by atoms with Crippen molar-refractivity contribution in [2.24, 2.45) is 0 Å². The van der Waals surface area contributed by atoms with Gasteiger partial charge in [-0.2, -0.15) is 4.31 Å². The fourth-order valence-electron chi connectivity index (χ4n) is 2.36. The number of allylic oxidation sites excluding steroid dienone is 1. The lowest BCUT2D eigenvalue weighted by molar-refractivity contribution is 0.402. The van der Waals surface area contributed by atoms with Gasteiger partial charge in [0, 0.05) is 18.5 Å². The van der Waals surface area contributed by atoms with Crippen molar-refractivity contribution in [1.82, 2.24) is 4.31 Å². The van der Waals surface area contributed by atoms with E-state index in [-0.39, 0.29) is 13.1 Å². The van der Waals surface area contributed by atoms with Crippen LogP contribution < -0.4 is 9.47 Å². The molecule has 0 fully saturated rings. The summed E-state index contributed by atoms with van der Waals surface area (Å²) in [6.45, 7) is 2.25. The number of nitrogens with zero attached hydrogens (tertiary/aromatic N) is 1. The predicted molar refractivity (Wildman–Crippen MR) is 99.0 cm³/mol. The Morgan fingerprint density at radius 2 is 1.24 bits per heavy atom. The molecule has 0 aromatic heterocycles. The average molecular weight is 361 g/mol. The van der Waals surface area contributed by atoms with Crippen LogP contribution in [0.15, 0.2) is 60.0 Å². The fourth-order valence-corrected chi connectivity index (χ4v) is 3.54. The van der Waals surface area contributed by atoms with Gasteiger partial charge in [-0.15, -0.1) is 0 Å². The van der Waals surface area contributed by atoms with E-state index < -0.39 is 10.0 Å². The number of sulfonamides is 1. The molecule has 0 atom stereocenters. The topological polar surface area (TPSA) is 55.8 Å². The van der Waals surface area contributed by atoms with Gasteiger partial charge in [0.15, 0.2) is 0 Å². The zero-order chi connectivity index (χ0) is 18.3. The van der Waals surface area contributed by atoms with Crippen LogP contribution >= 0.6 is 0 Å². The lowest BCUT2D eigenvalue weighted by Crippen LogP contribution is -2.28. The minimum absolute atomic E-state index is 0.280. The molecular formula is C19H23NO4S. The minimum Gasteiger partial charge on any atom is -0.497 e. The fraction of sp³-hybridized carbons (Fsp3) is 0.263. The number of hydrogen-bond donors (Lipinski definition) is 0. The largest absolute Gasteiger partial charge is 0.497 e. The van der Waals surface area contributed by atoms with Crippen molar-refractivity contribution in [1.29, 1.82) is 0 Å². The third kappa shape index (κ3) is 5.34. The Kier molecular flexibility index (Phi) is 6.61. The summed E-state index contributed by atoms with van der Waals surface area (Å²) in [6, 6.07) is 14.8. The highest BCUT2D eigenvalue weighted by molar-refractivity contribution is 7.92. The Morgan fingerprint density at radius 3 is 1.56 bits per heavy atom. The average Bonchev–Trinajstić information content (AvgIpc) is 2.62. The molecule has 0 heterocycles. The van der Waals surface area contributed by atoms with Crippen LogP contribution in [0.5, 0.6) is 11.5 Å². The van der Waals surface area contributed by atoms with E-state index in [0.29, 0.717) is 0 Å². The van der Waals surface area contributed by atoms with Crippen LogP contribution in [0.3, 0.4) is 0 Å². The SMILES string of the molecule is C/C=C\S(=O)(=O)N(Cc1ccc(OC)cc1)Cc1ccc(OC)cc1. The van der Waals surface area contributed by atoms with Gasteiger partial charge in [-0.1, -0.05) is 30.3 Å². The Hall–Kier alpha value is -2.31. The van der Waals surface area contributed by atoms with E-state index in [1.807, 2.05) is 48.5 Å². The molecule has 0 amide bonds. The van der Waals surface area contributed by atoms with Crippen LogP contribution in [-0.2, 0) is 23.1 Å². The highest BCUT2D eigenvalue weighted by atomic mass is 32.2. The van der Waals surface area contributed by atoms with Crippen LogP contribution in [0.2, 0.25) is 0 Å². The Morgan fingerprint density at radius 1 is 0.840 bits per heavy atom. The molecule has 0 saturated carbocycles. The zero-order valence-electron chi connectivity index (χ0n) is 14.7. The quantitative estimate of drug-likeness (QED) is 0.721. The molecule has 0 bridgehead atoms. The Balaban J connectivity index is 2.25. The minimum atomic E-state index is -3.51. The summed E-state index contributed by atoms with van der Waals surface area (Å²) in [5.74, 6) is 1.48. The van der Waals surface area contributed by atoms with Gasteiger partial charge in [0.05, 0.1) is 14.2 Å². The molecule has 0 saturated heterocycles. The molecule has 25 heavy (non-hydrogen) atoms. The van der Waals surface area contributed by atoms with Crippen molar-refractivity contribution in [3.8, 4) is 11.5 Å². The summed E-state index contributed by atoms with van der Waals surface area (Å²) in [6.07, 6.45) is 1.53. The van der Waals surface area contributed by atoms with Crippen molar-refractivity contribution in [3.63, 3.8) is 0 Å². The smallest absolute Gasteiger partial charge is 0.236 e. The normalized spacial score (nSPS) is 11.8. The molecule has 2 rings (SSSR count). The molecule has 2 aromatic carbocycles. The van der Waals surface area contributed by atoms with Gasteiger partial charge in [-0.05, 0) is 42.3 Å². The summed E-state index contributed by atoms with van der Waals surface area (Å²) in [5, 5.41) is 1.22. The summed E-state index contributed by atoms with van der Waals surface area (Å²) >= 11 is 0. The first kappa shape index (κ1) is 19.0. The van der Waals surface area contributed by atoms with Gasteiger partial charge < -0.3 is 9.47 Å². The van der Waals surface area contributed by atoms with Crippen LogP contribution in [0.1, 0.15) is 18.1 Å². The Labute approximate surface area is 149 Å². The van der Waals surface area contributed by atoms with Gasteiger partial charge in [-0.25, -0.2) is 8.42 Å². The second-order valence-electron chi connectivity index (χ2n) is 5.48. The van der Waals surface area contributed by atoms with Crippen molar-refractivity contribution >= 4 is 10.0 Å². The number of ether oxygens (including phenoxy) is 2. The molecule has 134 valence electrons. The van der Waals surface area contributed by atoms with E-state index >= 15 is 0 Å². The Bertz CT molecular complexity index is 747. The van der Waals surface area contributed by atoms with E-state index in [2.05, 4.69) is 0 Å². The van der Waals surface area contributed by atoms with Crippen LogP contribution in [0.4, 0.5) is 0 Å². The molecule has 0 spiro atoms. The summed E-state index contributed by atoms with van der Waals surface area (Å²) < 4.78 is 36.9. The predicted octanol–water partition coefficient (Wildman–Crippen LogP) is 3.57. The first-order chi connectivity index (χ1) is 12.0. The van der Waals surface area contributed by atoms with Crippen molar-refractivity contribution < 1.29 is 17.9 Å². The second kappa shape index (κ2) is 8.69. The standard InChI is InChI=1S/C19H23NO4S/c1-4-13-25(21,22)20(14-16-5-9-18(23-2)10-6-16)15-17-7-11-19(24-3)12-8-17/h4-13H,14-15H2,1-3H3/b13-4-. The molecule has 6 heteroatoms. The second-order valence-corrected chi connectivity index (χ2v) is 7.30. The maximum Gasteiger partial charge on any atom is 0.236 e. The molecule has 0 radical (unpaired) electrons. The van der Waals surface area contributed by atoms with Crippen LogP contribution in [-0.4, -0.2) is 26.9 Å². The lowest BCUT2D eigenvalue weighted by Gasteiger charge is -2.21. The monoisotopic (exact) mass is 361 g/mol. The lowest BCUT2D eigenvalue weighted by atomic mass is 10.2. The van der Waals surface area contributed by atoms with Crippen molar-refractivity contribution in [2.75, 3.05) is 14.2 Å². The highest BCUT2D eigenvalue weighted by Crippen LogP contribution is 2.19. The molecular weight excluding hydrogens is 338 g/mol. The first-order valence-corrected chi connectivity index (χ1v) is 9.37. The number of benzene rings is 2. The first-order valence-electron chi connectivity index (χ1n) is 7.87. The van der Waals surface area contributed by atoms with Gasteiger partial charge in [0.25, 0.3) is 0 Å². The maximum atomic E-state index is 12.6. The van der Waals surface area contributed by atoms with Crippen LogP contribution in [0, 0.1) is 0 Å². The van der Waals surface area contributed by atoms with E-state index in [9.17, 15) is 8.42 Å². The molecule has 0 aliphatic rings. The van der Waals surface area contributed by atoms with E-state index in [1.165, 1.54) is 15.8 Å². The van der Waals surface area contributed by atoms with Crippen molar-refractivity contribution in [3.05, 3.63) is 71.1 Å². The summed E-state index contributed by atoms with van der Waals surface area (Å²) in [4.78, 5) is 0. The van der Waals surface area contributed by atoms with Crippen molar-refractivity contribution in [2.45, 2.75) is 20.0 Å². The zero-order valence-corrected chi connectivity index (χ0v) is 15.5.